The number of rotatable bonds is 4. The molecule has 1 fully saturated rings. The summed E-state index contributed by atoms with van der Waals surface area (Å²) in [6.45, 7) is 2.24. The Hall–Kier alpha value is -2.60. The molecule has 0 spiro atoms. The van der Waals surface area contributed by atoms with Gasteiger partial charge in [0.15, 0.2) is 0 Å². The van der Waals surface area contributed by atoms with Crippen molar-refractivity contribution in [1.82, 2.24) is 10.6 Å². The van der Waals surface area contributed by atoms with Gasteiger partial charge in [-0.15, -0.1) is 0 Å². The second kappa shape index (κ2) is 7.74. The number of ether oxygens (including phenoxy) is 1. The zero-order valence-electron chi connectivity index (χ0n) is 14.1. The molecule has 1 aliphatic heterocycles. The van der Waals surface area contributed by atoms with Crippen molar-refractivity contribution in [1.29, 1.82) is 0 Å². The molecule has 1 aliphatic rings. The zero-order valence-corrected chi connectivity index (χ0v) is 14.9. The number of piperidine rings is 1. The van der Waals surface area contributed by atoms with Crippen molar-refractivity contribution < 1.29 is 18.7 Å². The van der Waals surface area contributed by atoms with Gasteiger partial charge in [-0.3, -0.25) is 9.59 Å². The van der Waals surface area contributed by atoms with E-state index < -0.39 is 0 Å². The van der Waals surface area contributed by atoms with E-state index in [9.17, 15) is 14.0 Å². The van der Waals surface area contributed by atoms with Gasteiger partial charge in [0.2, 0.25) is 5.91 Å². The minimum absolute atomic E-state index is 0.0916. The number of halogens is 2. The molecule has 0 bridgehead atoms. The van der Waals surface area contributed by atoms with Crippen molar-refractivity contribution in [3.05, 3.63) is 58.4 Å². The second-order valence-corrected chi connectivity index (χ2v) is 6.60. The van der Waals surface area contributed by atoms with Crippen molar-refractivity contribution in [2.75, 3.05) is 6.54 Å². The normalized spacial score (nSPS) is 16.7. The van der Waals surface area contributed by atoms with Gasteiger partial charge in [0.05, 0.1) is 5.56 Å². The molecule has 1 atom stereocenters. The maximum absolute atomic E-state index is 13.3. The number of carbonyl (C=O) groups excluding carboxylic acids is 2. The summed E-state index contributed by atoms with van der Waals surface area (Å²) < 4.78 is 19.1. The first-order chi connectivity index (χ1) is 12.4. The van der Waals surface area contributed by atoms with E-state index in [1.165, 1.54) is 24.3 Å². The Morgan fingerprint density at radius 2 is 2.04 bits per heavy atom. The Kier molecular flexibility index (Phi) is 5.42. The summed E-state index contributed by atoms with van der Waals surface area (Å²) in [6, 6.07) is 8.62. The Labute approximate surface area is 155 Å². The molecule has 2 N–H and O–H groups in total. The number of aryl methyl sites for hydroxylation is 1. The van der Waals surface area contributed by atoms with Gasteiger partial charge in [-0.2, -0.15) is 0 Å². The summed E-state index contributed by atoms with van der Waals surface area (Å²) in [5.74, 6) is -0.0748. The van der Waals surface area contributed by atoms with Crippen LogP contribution in [0.15, 0.2) is 36.4 Å². The molecule has 7 heteroatoms. The fraction of sp³-hybridized carbons (Fsp3) is 0.263. The molecule has 0 aliphatic carbocycles. The fourth-order valence-electron chi connectivity index (χ4n) is 2.78. The summed E-state index contributed by atoms with van der Waals surface area (Å²) in [4.78, 5) is 24.2. The van der Waals surface area contributed by atoms with Crippen molar-refractivity contribution in [3.63, 3.8) is 0 Å². The van der Waals surface area contributed by atoms with E-state index in [-0.39, 0.29) is 35.7 Å². The highest BCUT2D eigenvalue weighted by Gasteiger charge is 2.23. The maximum Gasteiger partial charge on any atom is 0.255 e. The molecule has 136 valence electrons. The number of hydrogen-bond donors (Lipinski definition) is 2. The van der Waals surface area contributed by atoms with Gasteiger partial charge >= 0.3 is 0 Å². The van der Waals surface area contributed by atoms with Gasteiger partial charge in [-0.05, 0) is 55.3 Å². The lowest BCUT2D eigenvalue weighted by Crippen LogP contribution is -2.45. The van der Waals surface area contributed by atoms with Crippen LogP contribution in [0, 0.1) is 12.7 Å². The lowest BCUT2D eigenvalue weighted by atomic mass is 10.1. The number of amides is 2. The van der Waals surface area contributed by atoms with Crippen LogP contribution in [0.3, 0.4) is 0 Å². The molecule has 0 saturated carbocycles. The number of benzene rings is 2. The fourth-order valence-corrected chi connectivity index (χ4v) is 2.96. The number of hydrogen-bond acceptors (Lipinski definition) is 3. The topological polar surface area (TPSA) is 67.4 Å². The smallest absolute Gasteiger partial charge is 0.255 e. The highest BCUT2D eigenvalue weighted by atomic mass is 35.5. The second-order valence-electron chi connectivity index (χ2n) is 6.17. The average Bonchev–Trinajstić information content (AvgIpc) is 2.58. The Morgan fingerprint density at radius 1 is 1.27 bits per heavy atom. The summed E-state index contributed by atoms with van der Waals surface area (Å²) in [7, 11) is 0. The highest BCUT2D eigenvalue weighted by molar-refractivity contribution is 6.31. The van der Waals surface area contributed by atoms with Crippen molar-refractivity contribution in [2.45, 2.75) is 25.8 Å². The van der Waals surface area contributed by atoms with Crippen LogP contribution in [0.4, 0.5) is 4.39 Å². The Morgan fingerprint density at radius 3 is 2.77 bits per heavy atom. The third kappa shape index (κ3) is 4.32. The third-order valence-electron chi connectivity index (χ3n) is 4.13. The molecule has 2 aromatic rings. The van der Waals surface area contributed by atoms with Crippen LogP contribution in [0.1, 0.15) is 28.8 Å². The van der Waals surface area contributed by atoms with Crippen molar-refractivity contribution in [2.24, 2.45) is 0 Å². The van der Waals surface area contributed by atoms with Crippen LogP contribution in [0.25, 0.3) is 0 Å². The Balaban J connectivity index is 1.83. The molecule has 2 amide bonds. The van der Waals surface area contributed by atoms with Gasteiger partial charge in [-0.25, -0.2) is 4.39 Å². The quantitative estimate of drug-likeness (QED) is 0.856. The minimum atomic E-state index is -0.373. The molecule has 1 heterocycles. The van der Waals surface area contributed by atoms with E-state index in [2.05, 4.69) is 10.6 Å². The van der Waals surface area contributed by atoms with Crippen LogP contribution < -0.4 is 15.4 Å². The van der Waals surface area contributed by atoms with E-state index in [0.717, 1.165) is 0 Å². The maximum atomic E-state index is 13.3. The van der Waals surface area contributed by atoms with Gasteiger partial charge in [0, 0.05) is 24.0 Å². The molecular formula is C19H18ClFN2O3. The monoisotopic (exact) mass is 376 g/mol. The number of carbonyl (C=O) groups is 2. The molecule has 5 nitrogen and oxygen atoms in total. The van der Waals surface area contributed by atoms with E-state index in [4.69, 9.17) is 16.3 Å². The first kappa shape index (κ1) is 18.2. The van der Waals surface area contributed by atoms with Crippen LogP contribution >= 0.6 is 11.6 Å². The molecule has 1 unspecified atom stereocenters. The minimum Gasteiger partial charge on any atom is -0.456 e. The number of nitrogens with one attached hydrogen (secondary N) is 2. The van der Waals surface area contributed by atoms with Gasteiger partial charge < -0.3 is 15.4 Å². The van der Waals surface area contributed by atoms with Crippen LogP contribution in [-0.2, 0) is 4.79 Å². The van der Waals surface area contributed by atoms with Crippen molar-refractivity contribution in [3.8, 4) is 11.5 Å². The molecule has 0 radical (unpaired) electrons. The molecule has 2 aromatic carbocycles. The summed E-state index contributed by atoms with van der Waals surface area (Å²) in [6.07, 6.45) is 0.894. The van der Waals surface area contributed by atoms with E-state index >= 15 is 0 Å². The van der Waals surface area contributed by atoms with Gasteiger partial charge in [0.1, 0.15) is 17.3 Å². The zero-order chi connectivity index (χ0) is 18.7. The molecule has 0 aromatic heterocycles. The SMILES string of the molecule is Cc1cc(F)ccc1Oc1ccc(Cl)cc1C(=O)NC1CCNC(=O)C1. The third-order valence-corrected chi connectivity index (χ3v) is 4.36. The lowest BCUT2D eigenvalue weighted by molar-refractivity contribution is -0.122. The van der Waals surface area contributed by atoms with Gasteiger partial charge in [0.25, 0.3) is 5.91 Å². The Bertz CT molecular complexity index is 857. The summed E-state index contributed by atoms with van der Waals surface area (Å²) in [5, 5.41) is 5.96. The van der Waals surface area contributed by atoms with Crippen LogP contribution in [0.5, 0.6) is 11.5 Å². The van der Waals surface area contributed by atoms with E-state index in [0.29, 0.717) is 35.1 Å². The predicted molar refractivity (Wildman–Crippen MR) is 96.2 cm³/mol. The first-order valence-electron chi connectivity index (χ1n) is 8.23. The lowest BCUT2D eigenvalue weighted by Gasteiger charge is -2.23. The molecular weight excluding hydrogens is 359 g/mol. The molecule has 1 saturated heterocycles. The summed E-state index contributed by atoms with van der Waals surface area (Å²) >= 11 is 6.03. The molecule has 3 rings (SSSR count). The average molecular weight is 377 g/mol. The first-order valence-corrected chi connectivity index (χ1v) is 8.61. The van der Waals surface area contributed by atoms with E-state index in [1.807, 2.05) is 0 Å². The predicted octanol–water partition coefficient (Wildman–Crippen LogP) is 3.59. The molecule has 26 heavy (non-hydrogen) atoms. The van der Waals surface area contributed by atoms with Gasteiger partial charge in [-0.1, -0.05) is 11.6 Å². The summed E-state index contributed by atoms with van der Waals surface area (Å²) in [5.41, 5.74) is 0.863. The highest BCUT2D eigenvalue weighted by Crippen LogP contribution is 2.30. The van der Waals surface area contributed by atoms with Crippen molar-refractivity contribution >= 4 is 23.4 Å². The van der Waals surface area contributed by atoms with E-state index in [1.54, 1.807) is 19.1 Å². The van der Waals surface area contributed by atoms with Crippen LogP contribution in [-0.4, -0.2) is 24.4 Å². The van der Waals surface area contributed by atoms with Crippen LogP contribution in [0.2, 0.25) is 5.02 Å². The standard InChI is InChI=1S/C19H18ClFN2O3/c1-11-8-13(21)3-5-16(11)26-17-4-2-12(20)9-15(17)19(25)23-14-6-7-22-18(24)10-14/h2-5,8-9,14H,6-7,10H2,1H3,(H,22,24)(H,23,25). The largest absolute Gasteiger partial charge is 0.456 e.